The van der Waals surface area contributed by atoms with E-state index in [4.69, 9.17) is 4.74 Å². The molecule has 1 nitrogen and oxygen atoms in total. The van der Waals surface area contributed by atoms with E-state index in [1.165, 1.54) is 19.3 Å². The summed E-state index contributed by atoms with van der Waals surface area (Å²) in [6.07, 6.45) is 4.88. The van der Waals surface area contributed by atoms with E-state index < -0.39 is 0 Å². The summed E-state index contributed by atoms with van der Waals surface area (Å²) in [6, 6.07) is 0. The van der Waals surface area contributed by atoms with Crippen LogP contribution >= 0.6 is 0 Å². The predicted octanol–water partition coefficient (Wildman–Crippen LogP) is 1.19. The van der Waals surface area contributed by atoms with Gasteiger partial charge in [-0.3, -0.25) is 0 Å². The number of rotatable bonds is 0. The van der Waals surface area contributed by atoms with Crippen molar-refractivity contribution >= 4 is 0 Å². The highest BCUT2D eigenvalue weighted by atomic mass is 16.5. The number of ether oxygens (including phenoxy) is 1. The molecule has 2 fully saturated rings. The first-order valence-corrected chi connectivity index (χ1v) is 3.08. The van der Waals surface area contributed by atoms with E-state index in [1.807, 2.05) is 0 Å². The summed E-state index contributed by atoms with van der Waals surface area (Å²) in [6.45, 7) is 1.06. The van der Waals surface area contributed by atoms with Gasteiger partial charge in [-0.15, -0.1) is 0 Å². The zero-order valence-electron chi connectivity index (χ0n) is 4.39. The molecule has 1 saturated heterocycles. The van der Waals surface area contributed by atoms with Gasteiger partial charge in [0.15, 0.2) is 0 Å². The van der Waals surface area contributed by atoms with Crippen LogP contribution in [0.15, 0.2) is 0 Å². The average Bonchev–Trinajstić information content (AvgIpc) is 1.85. The SMILES string of the molecule is C1CC2CO[C@@H]2C1. The summed E-state index contributed by atoms with van der Waals surface area (Å²) < 4.78 is 5.25. The number of hydrogen-bond donors (Lipinski definition) is 0. The van der Waals surface area contributed by atoms with Gasteiger partial charge in [0, 0.05) is 5.92 Å². The van der Waals surface area contributed by atoms with Crippen LogP contribution in [0.2, 0.25) is 0 Å². The predicted molar refractivity (Wildman–Crippen MR) is 27.1 cm³/mol. The Hall–Kier alpha value is -0.0400. The van der Waals surface area contributed by atoms with Crippen LogP contribution in [0, 0.1) is 5.92 Å². The van der Waals surface area contributed by atoms with Crippen molar-refractivity contribution in [2.75, 3.05) is 6.61 Å². The maximum absolute atomic E-state index is 5.25. The zero-order valence-corrected chi connectivity index (χ0v) is 4.39. The van der Waals surface area contributed by atoms with Gasteiger partial charge in [0.2, 0.25) is 0 Å². The molecular weight excluding hydrogens is 88.1 g/mol. The summed E-state index contributed by atoms with van der Waals surface area (Å²) in [5.74, 6) is 0.972. The van der Waals surface area contributed by atoms with E-state index in [-0.39, 0.29) is 0 Å². The third-order valence-corrected chi connectivity index (χ3v) is 2.11. The second-order valence-corrected chi connectivity index (χ2v) is 2.56. The minimum absolute atomic E-state index is 0.694. The Bertz CT molecular complexity index is 70.2. The second kappa shape index (κ2) is 1.22. The van der Waals surface area contributed by atoms with Crippen LogP contribution in [0.4, 0.5) is 0 Å². The van der Waals surface area contributed by atoms with E-state index in [0.29, 0.717) is 6.10 Å². The summed E-state index contributed by atoms with van der Waals surface area (Å²) in [5.41, 5.74) is 0. The monoisotopic (exact) mass is 98.1 g/mol. The molecule has 2 rings (SSSR count). The Morgan fingerprint density at radius 2 is 2.29 bits per heavy atom. The van der Waals surface area contributed by atoms with E-state index in [9.17, 15) is 0 Å². The molecule has 7 heavy (non-hydrogen) atoms. The molecule has 0 spiro atoms. The number of fused-ring (bicyclic) bond motifs is 1. The van der Waals surface area contributed by atoms with E-state index >= 15 is 0 Å². The topological polar surface area (TPSA) is 9.23 Å². The fourth-order valence-electron chi connectivity index (χ4n) is 1.54. The molecule has 0 bridgehead atoms. The van der Waals surface area contributed by atoms with Crippen molar-refractivity contribution in [3.8, 4) is 0 Å². The molecule has 1 heteroatoms. The molecule has 40 valence electrons. The highest BCUT2D eigenvalue weighted by molar-refractivity contribution is 4.84. The third-order valence-electron chi connectivity index (χ3n) is 2.11. The van der Waals surface area contributed by atoms with Crippen LogP contribution in [0.25, 0.3) is 0 Å². The van der Waals surface area contributed by atoms with Crippen LogP contribution in [0.1, 0.15) is 19.3 Å². The van der Waals surface area contributed by atoms with Crippen LogP contribution in [0.3, 0.4) is 0 Å². The van der Waals surface area contributed by atoms with Gasteiger partial charge in [-0.05, 0) is 12.8 Å². The first-order valence-electron chi connectivity index (χ1n) is 3.08. The van der Waals surface area contributed by atoms with Gasteiger partial charge in [0.25, 0.3) is 0 Å². The lowest BCUT2D eigenvalue weighted by atomic mass is 10.0. The maximum atomic E-state index is 5.25. The first kappa shape index (κ1) is 3.90. The molecule has 1 aliphatic heterocycles. The molecule has 1 unspecified atom stereocenters. The van der Waals surface area contributed by atoms with E-state index in [2.05, 4.69) is 0 Å². The lowest BCUT2D eigenvalue weighted by molar-refractivity contribution is -0.0940. The molecule has 0 aromatic rings. The molecule has 0 aromatic heterocycles. The van der Waals surface area contributed by atoms with Gasteiger partial charge >= 0.3 is 0 Å². The molecule has 1 aliphatic carbocycles. The highest BCUT2D eigenvalue weighted by Crippen LogP contribution is 2.35. The van der Waals surface area contributed by atoms with Crippen molar-refractivity contribution in [2.45, 2.75) is 25.4 Å². The average molecular weight is 98.1 g/mol. The van der Waals surface area contributed by atoms with Crippen LogP contribution in [0.5, 0.6) is 0 Å². The normalized spacial score (nSPS) is 48.0. The van der Waals surface area contributed by atoms with Crippen molar-refractivity contribution in [3.63, 3.8) is 0 Å². The van der Waals surface area contributed by atoms with Crippen molar-refractivity contribution in [1.82, 2.24) is 0 Å². The zero-order chi connectivity index (χ0) is 4.69. The molecule has 1 heterocycles. The smallest absolute Gasteiger partial charge is 0.0625 e. The first-order chi connectivity index (χ1) is 3.47. The third kappa shape index (κ3) is 0.418. The van der Waals surface area contributed by atoms with Gasteiger partial charge in [-0.2, -0.15) is 0 Å². The Morgan fingerprint density at radius 1 is 1.29 bits per heavy atom. The Balaban J connectivity index is 2.03. The Kier molecular flexibility index (Phi) is 0.680. The van der Waals surface area contributed by atoms with E-state index in [0.717, 1.165) is 12.5 Å². The van der Waals surface area contributed by atoms with Gasteiger partial charge < -0.3 is 4.74 Å². The fraction of sp³-hybridized carbons (Fsp3) is 1.00. The molecule has 0 amide bonds. The molecule has 2 atom stereocenters. The van der Waals surface area contributed by atoms with Gasteiger partial charge in [-0.25, -0.2) is 0 Å². The van der Waals surface area contributed by atoms with Gasteiger partial charge in [0.05, 0.1) is 12.7 Å². The molecule has 0 aromatic carbocycles. The highest BCUT2D eigenvalue weighted by Gasteiger charge is 2.35. The van der Waals surface area contributed by atoms with E-state index in [1.54, 1.807) is 0 Å². The van der Waals surface area contributed by atoms with Crippen LogP contribution < -0.4 is 0 Å². The molecular formula is C6H10O. The summed E-state index contributed by atoms with van der Waals surface area (Å²) in [5, 5.41) is 0. The Morgan fingerprint density at radius 3 is 2.57 bits per heavy atom. The van der Waals surface area contributed by atoms with Crippen molar-refractivity contribution in [1.29, 1.82) is 0 Å². The summed E-state index contributed by atoms with van der Waals surface area (Å²) >= 11 is 0. The fourth-order valence-corrected chi connectivity index (χ4v) is 1.54. The molecule has 1 saturated carbocycles. The minimum Gasteiger partial charge on any atom is -0.377 e. The lowest BCUT2D eigenvalue weighted by Crippen LogP contribution is -2.34. The lowest BCUT2D eigenvalue weighted by Gasteiger charge is -2.30. The summed E-state index contributed by atoms with van der Waals surface area (Å²) in [4.78, 5) is 0. The van der Waals surface area contributed by atoms with Crippen LogP contribution in [-0.2, 0) is 4.74 Å². The second-order valence-electron chi connectivity index (χ2n) is 2.56. The van der Waals surface area contributed by atoms with Crippen LogP contribution in [-0.4, -0.2) is 12.7 Å². The molecule has 2 aliphatic rings. The quantitative estimate of drug-likeness (QED) is 0.442. The Labute approximate surface area is 43.7 Å². The van der Waals surface area contributed by atoms with Crippen molar-refractivity contribution in [3.05, 3.63) is 0 Å². The largest absolute Gasteiger partial charge is 0.377 e. The maximum Gasteiger partial charge on any atom is 0.0625 e. The minimum atomic E-state index is 0.694. The number of hydrogen-bond acceptors (Lipinski definition) is 1. The standard InChI is InChI=1S/C6H10O/c1-2-5-4-7-6(5)3-1/h5-6H,1-4H2/t5?,6-/m1/s1. The van der Waals surface area contributed by atoms with Gasteiger partial charge in [0.1, 0.15) is 0 Å². The van der Waals surface area contributed by atoms with Crippen molar-refractivity contribution in [2.24, 2.45) is 5.92 Å². The van der Waals surface area contributed by atoms with Gasteiger partial charge in [-0.1, -0.05) is 6.42 Å². The molecule has 0 radical (unpaired) electrons. The molecule has 0 N–H and O–H groups in total. The van der Waals surface area contributed by atoms with Crippen molar-refractivity contribution < 1.29 is 4.74 Å². The summed E-state index contributed by atoms with van der Waals surface area (Å²) in [7, 11) is 0.